The van der Waals surface area contributed by atoms with Gasteiger partial charge in [-0.2, -0.15) is 0 Å². The molecule has 11 heteroatoms. The second-order valence-electron chi connectivity index (χ2n) is 12.3. The highest BCUT2D eigenvalue weighted by Crippen LogP contribution is 2.41. The molecular weight excluding hydrogens is 586 g/mol. The molecule has 2 amide bonds. The highest BCUT2D eigenvalue weighted by atomic mass is 16.5. The molecule has 4 rings (SSSR count). The summed E-state index contributed by atoms with van der Waals surface area (Å²) in [6, 6.07) is 15.2. The molecule has 0 fully saturated rings. The van der Waals surface area contributed by atoms with Gasteiger partial charge in [0.15, 0.2) is 6.23 Å². The molecule has 1 unspecified atom stereocenters. The van der Waals surface area contributed by atoms with Crippen molar-refractivity contribution >= 4 is 23.3 Å². The first-order valence-electron chi connectivity index (χ1n) is 16.2. The Morgan fingerprint density at radius 3 is 2.41 bits per heavy atom. The Hall–Kier alpha value is -3.93. The normalized spacial score (nSPS) is 13.1. The lowest BCUT2D eigenvalue weighted by atomic mass is 9.95. The van der Waals surface area contributed by atoms with Crippen LogP contribution in [0.4, 0.5) is 5.69 Å². The van der Waals surface area contributed by atoms with Crippen molar-refractivity contribution < 1.29 is 29.0 Å². The molecule has 0 bridgehead atoms. The Morgan fingerprint density at radius 2 is 1.65 bits per heavy atom. The maximum absolute atomic E-state index is 13.7. The Kier molecular flexibility index (Phi) is 13.0. The van der Waals surface area contributed by atoms with E-state index in [-0.39, 0.29) is 49.5 Å². The number of hydrogen-bond acceptors (Lipinski definition) is 8. The van der Waals surface area contributed by atoms with Gasteiger partial charge in [0.05, 0.1) is 32.1 Å². The zero-order chi connectivity index (χ0) is 33.1. The molecule has 0 radical (unpaired) electrons. The number of nitrogens with zero attached hydrogens (tertiary/aromatic N) is 4. The molecule has 11 nitrogen and oxygen atoms in total. The monoisotopic (exact) mass is 633 g/mol. The van der Waals surface area contributed by atoms with E-state index < -0.39 is 6.23 Å². The lowest BCUT2D eigenvalue weighted by Gasteiger charge is -2.29. The number of ether oxygens (including phenoxy) is 2. The van der Waals surface area contributed by atoms with Gasteiger partial charge in [-0.1, -0.05) is 75.4 Å². The van der Waals surface area contributed by atoms with Crippen LogP contribution in [0.5, 0.6) is 0 Å². The molecule has 0 aliphatic carbocycles. The SMILES string of the molecule is CC(C)CCCOCC(O)n1nnc2c1-c1ccccc1CN(C(=O)CCC(=O)NCCOCCC(=O)C(C)C)c1ccccc1-2. The van der Waals surface area contributed by atoms with Gasteiger partial charge in [-0.15, -0.1) is 5.10 Å². The minimum Gasteiger partial charge on any atom is -0.379 e. The molecule has 3 aromatic rings. The van der Waals surface area contributed by atoms with Crippen LogP contribution < -0.4 is 10.2 Å². The van der Waals surface area contributed by atoms with Crippen molar-refractivity contribution in [2.45, 2.75) is 72.6 Å². The lowest BCUT2D eigenvalue weighted by molar-refractivity contribution is -0.125. The summed E-state index contributed by atoms with van der Waals surface area (Å²) in [6.45, 7) is 9.87. The number of rotatable bonds is 17. The summed E-state index contributed by atoms with van der Waals surface area (Å²) in [5, 5.41) is 22.8. The first-order chi connectivity index (χ1) is 22.2. The van der Waals surface area contributed by atoms with Crippen molar-refractivity contribution in [1.82, 2.24) is 20.3 Å². The van der Waals surface area contributed by atoms with Crippen molar-refractivity contribution in [1.29, 1.82) is 0 Å². The van der Waals surface area contributed by atoms with Crippen molar-refractivity contribution in [3.05, 3.63) is 54.1 Å². The molecule has 46 heavy (non-hydrogen) atoms. The van der Waals surface area contributed by atoms with E-state index in [1.807, 2.05) is 62.4 Å². The van der Waals surface area contributed by atoms with E-state index in [0.717, 1.165) is 24.0 Å². The van der Waals surface area contributed by atoms with Crippen LogP contribution in [0.3, 0.4) is 0 Å². The average molecular weight is 634 g/mol. The third-order valence-corrected chi connectivity index (χ3v) is 7.94. The molecule has 2 heterocycles. The van der Waals surface area contributed by atoms with Gasteiger partial charge >= 0.3 is 0 Å². The number of fused-ring (bicyclic) bond motifs is 5. The molecule has 1 aliphatic rings. The maximum atomic E-state index is 13.7. The summed E-state index contributed by atoms with van der Waals surface area (Å²) >= 11 is 0. The average Bonchev–Trinajstić information content (AvgIpc) is 3.47. The van der Waals surface area contributed by atoms with Gasteiger partial charge in [0.2, 0.25) is 11.8 Å². The molecule has 2 aromatic carbocycles. The van der Waals surface area contributed by atoms with Crippen LogP contribution in [0.15, 0.2) is 48.5 Å². The molecule has 0 spiro atoms. The second-order valence-corrected chi connectivity index (χ2v) is 12.3. The predicted octanol–water partition coefficient (Wildman–Crippen LogP) is 4.93. The Morgan fingerprint density at radius 1 is 0.913 bits per heavy atom. The van der Waals surface area contributed by atoms with Crippen molar-refractivity contribution in [2.24, 2.45) is 11.8 Å². The number of para-hydroxylation sites is 1. The number of aromatic nitrogens is 3. The zero-order valence-corrected chi connectivity index (χ0v) is 27.4. The van der Waals surface area contributed by atoms with Gasteiger partial charge in [0, 0.05) is 49.5 Å². The third kappa shape index (κ3) is 9.31. The summed E-state index contributed by atoms with van der Waals surface area (Å²) < 4.78 is 12.7. The number of ketones is 1. The topological polar surface area (TPSA) is 136 Å². The molecule has 1 aliphatic heterocycles. The number of anilines is 1. The standard InChI is InChI=1S/C35H47N5O6/c1-24(2)10-9-19-46-23-33(44)40-35-27-12-6-5-11-26(27)22-39(29-14-8-7-13-28(29)34(35)37-38-40)32(43)16-15-31(42)36-18-21-45-20-17-30(41)25(3)4/h5-8,11-14,24-25,33,44H,9-10,15-23H2,1-4H3,(H,36,42). The van der Waals surface area contributed by atoms with E-state index in [1.165, 1.54) is 4.68 Å². The number of nitrogens with one attached hydrogen (secondary N) is 1. The highest BCUT2D eigenvalue weighted by molar-refractivity contribution is 6.01. The fourth-order valence-electron chi connectivity index (χ4n) is 5.33. The number of amides is 2. The van der Waals surface area contributed by atoms with Crippen LogP contribution in [-0.4, -0.2) is 70.7 Å². The maximum Gasteiger partial charge on any atom is 0.227 e. The fraction of sp³-hybridized carbons (Fsp3) is 0.514. The molecule has 2 N–H and O–H groups in total. The van der Waals surface area contributed by atoms with Crippen molar-refractivity contribution in [3.8, 4) is 22.5 Å². The predicted molar refractivity (Wildman–Crippen MR) is 176 cm³/mol. The minimum atomic E-state index is -1.04. The van der Waals surface area contributed by atoms with E-state index in [0.29, 0.717) is 61.3 Å². The van der Waals surface area contributed by atoms with Crippen LogP contribution in [0, 0.1) is 11.8 Å². The molecule has 1 aromatic heterocycles. The number of aliphatic hydroxyl groups is 1. The fourth-order valence-corrected chi connectivity index (χ4v) is 5.33. The van der Waals surface area contributed by atoms with E-state index in [9.17, 15) is 19.5 Å². The number of aliphatic hydroxyl groups excluding tert-OH is 1. The lowest BCUT2D eigenvalue weighted by Crippen LogP contribution is -2.34. The third-order valence-electron chi connectivity index (χ3n) is 7.94. The molecular formula is C35H47N5O6. The second kappa shape index (κ2) is 17.1. The summed E-state index contributed by atoms with van der Waals surface area (Å²) in [6.07, 6.45) is 1.31. The Labute approximate surface area is 271 Å². The van der Waals surface area contributed by atoms with E-state index >= 15 is 0 Å². The minimum absolute atomic E-state index is 0.0124. The van der Waals surface area contributed by atoms with E-state index in [1.54, 1.807) is 4.90 Å². The molecule has 0 saturated carbocycles. The quantitative estimate of drug-likeness (QED) is 0.200. The zero-order valence-electron chi connectivity index (χ0n) is 27.4. The Bertz CT molecular complexity index is 1470. The van der Waals surface area contributed by atoms with E-state index in [2.05, 4.69) is 29.5 Å². The summed E-state index contributed by atoms with van der Waals surface area (Å²) in [7, 11) is 0. The first-order valence-corrected chi connectivity index (χ1v) is 16.2. The molecule has 248 valence electrons. The van der Waals surface area contributed by atoms with Crippen LogP contribution in [-0.2, 0) is 30.4 Å². The number of Topliss-reactive ketones (excluding diaryl/α,β-unsaturated/α-hetero) is 1. The van der Waals surface area contributed by atoms with Gasteiger partial charge in [-0.25, -0.2) is 4.68 Å². The summed E-state index contributed by atoms with van der Waals surface area (Å²) in [5.74, 6) is 0.265. The first kappa shape index (κ1) is 34.9. The van der Waals surface area contributed by atoms with Crippen molar-refractivity contribution in [2.75, 3.05) is 37.9 Å². The van der Waals surface area contributed by atoms with E-state index in [4.69, 9.17) is 9.47 Å². The van der Waals surface area contributed by atoms with Gasteiger partial charge in [0.25, 0.3) is 0 Å². The summed E-state index contributed by atoms with van der Waals surface area (Å²) in [5.41, 5.74) is 4.23. The smallest absolute Gasteiger partial charge is 0.227 e. The van der Waals surface area contributed by atoms with Crippen molar-refractivity contribution in [3.63, 3.8) is 0 Å². The highest BCUT2D eigenvalue weighted by Gasteiger charge is 2.30. The number of hydrogen-bond donors (Lipinski definition) is 2. The van der Waals surface area contributed by atoms with Crippen LogP contribution >= 0.6 is 0 Å². The molecule has 1 atom stereocenters. The van der Waals surface area contributed by atoms with Gasteiger partial charge in [-0.05, 0) is 30.4 Å². The van der Waals surface area contributed by atoms with Gasteiger partial charge in [-0.3, -0.25) is 14.4 Å². The van der Waals surface area contributed by atoms with Gasteiger partial charge < -0.3 is 24.8 Å². The van der Waals surface area contributed by atoms with Crippen LogP contribution in [0.25, 0.3) is 22.5 Å². The number of benzene rings is 2. The summed E-state index contributed by atoms with van der Waals surface area (Å²) in [4.78, 5) is 39.6. The Balaban J connectivity index is 1.45. The largest absolute Gasteiger partial charge is 0.379 e. The number of carbonyl (C=O) groups is 3. The van der Waals surface area contributed by atoms with Crippen LogP contribution in [0.1, 0.15) is 71.6 Å². The van der Waals surface area contributed by atoms with Crippen LogP contribution in [0.2, 0.25) is 0 Å². The molecule has 0 saturated heterocycles. The number of carbonyl (C=O) groups excluding carboxylic acids is 3. The van der Waals surface area contributed by atoms with Gasteiger partial charge in [0.1, 0.15) is 17.2 Å².